The van der Waals surface area contributed by atoms with Crippen LogP contribution in [0, 0.1) is 0 Å². The normalized spacial score (nSPS) is 23.8. The number of carbonyl (C=O) groups is 1. The first-order valence-electron chi connectivity index (χ1n) is 8.57. The number of hydrogen-bond acceptors (Lipinski definition) is 6. The van der Waals surface area contributed by atoms with Gasteiger partial charge < -0.3 is 10.6 Å². The van der Waals surface area contributed by atoms with Gasteiger partial charge in [-0.1, -0.05) is 37.6 Å². The van der Waals surface area contributed by atoms with Crippen LogP contribution in [0.25, 0.3) is 0 Å². The molecule has 0 bridgehead atoms. The van der Waals surface area contributed by atoms with Gasteiger partial charge in [-0.2, -0.15) is 0 Å². The fraction of sp³-hybridized carbons (Fsp3) is 0.529. The zero-order valence-corrected chi connectivity index (χ0v) is 15.8. The second-order valence-electron chi connectivity index (χ2n) is 6.40. The summed E-state index contributed by atoms with van der Waals surface area (Å²) in [5.41, 5.74) is 1.39. The summed E-state index contributed by atoms with van der Waals surface area (Å²) in [6.07, 6.45) is 3.22. The standard InChI is InChI=1S/C17H23N3O3S2/c1-2-3-4-8-18-16(21)12-6-5-7-13(9-12)19-17-20-14-10-25(22,23)11-15(14)24-17/h5-7,9,14-15H,2-4,8,10-11H2,1H3,(H,18,21)(H,19,20). The van der Waals surface area contributed by atoms with Gasteiger partial charge in [-0.3, -0.25) is 9.79 Å². The van der Waals surface area contributed by atoms with E-state index in [1.165, 1.54) is 11.8 Å². The van der Waals surface area contributed by atoms with Crippen LogP contribution in [0.3, 0.4) is 0 Å². The van der Waals surface area contributed by atoms with Crippen molar-refractivity contribution >= 4 is 38.4 Å². The van der Waals surface area contributed by atoms with Crippen molar-refractivity contribution in [1.82, 2.24) is 5.32 Å². The van der Waals surface area contributed by atoms with Crippen molar-refractivity contribution in [3.8, 4) is 0 Å². The van der Waals surface area contributed by atoms with Crippen LogP contribution >= 0.6 is 11.8 Å². The average Bonchev–Trinajstić information content (AvgIpc) is 3.04. The molecule has 2 unspecified atom stereocenters. The summed E-state index contributed by atoms with van der Waals surface area (Å²) in [7, 11) is -2.94. The molecule has 1 aromatic carbocycles. The maximum Gasteiger partial charge on any atom is 0.251 e. The van der Waals surface area contributed by atoms with Gasteiger partial charge >= 0.3 is 0 Å². The minimum atomic E-state index is -2.94. The van der Waals surface area contributed by atoms with E-state index in [0.29, 0.717) is 12.1 Å². The molecule has 2 N–H and O–H groups in total. The Hall–Kier alpha value is -1.54. The number of benzene rings is 1. The van der Waals surface area contributed by atoms with Crippen LogP contribution in [0.15, 0.2) is 29.3 Å². The SMILES string of the molecule is CCCCCNC(=O)c1cccc(NC2=NC3CS(=O)(=O)CC3S2)c1. The number of nitrogens with zero attached hydrogens (tertiary/aromatic N) is 1. The van der Waals surface area contributed by atoms with Crippen LogP contribution in [0.4, 0.5) is 5.69 Å². The van der Waals surface area contributed by atoms with Gasteiger partial charge in [0, 0.05) is 23.0 Å². The molecule has 6 nitrogen and oxygen atoms in total. The minimum Gasteiger partial charge on any atom is -0.352 e. The van der Waals surface area contributed by atoms with Gasteiger partial charge in [-0.15, -0.1) is 0 Å². The lowest BCUT2D eigenvalue weighted by Gasteiger charge is -2.09. The molecule has 0 spiro atoms. The number of carbonyl (C=O) groups excluding carboxylic acids is 1. The highest BCUT2D eigenvalue weighted by Gasteiger charge is 2.42. The third kappa shape index (κ3) is 4.76. The Morgan fingerprint density at radius 1 is 1.32 bits per heavy atom. The number of unbranched alkanes of at least 4 members (excludes halogenated alkanes) is 2. The van der Waals surface area contributed by atoms with Crippen LogP contribution in [0.1, 0.15) is 36.5 Å². The number of rotatable bonds is 6. The van der Waals surface area contributed by atoms with E-state index in [1.807, 2.05) is 12.1 Å². The number of thioether (sulfide) groups is 1. The summed E-state index contributed by atoms with van der Waals surface area (Å²) in [6, 6.07) is 7.13. The molecule has 1 saturated heterocycles. The maximum atomic E-state index is 12.2. The number of amidine groups is 1. The highest BCUT2D eigenvalue weighted by molar-refractivity contribution is 8.15. The third-order valence-electron chi connectivity index (χ3n) is 4.26. The van der Waals surface area contributed by atoms with Gasteiger partial charge in [-0.25, -0.2) is 8.42 Å². The molecule has 2 aliphatic rings. The smallest absolute Gasteiger partial charge is 0.251 e. The molecule has 2 aliphatic heterocycles. The second-order valence-corrected chi connectivity index (χ2v) is 9.79. The Morgan fingerprint density at radius 2 is 2.16 bits per heavy atom. The molecule has 3 rings (SSSR count). The summed E-state index contributed by atoms with van der Waals surface area (Å²) in [6.45, 7) is 2.81. The second kappa shape index (κ2) is 7.78. The minimum absolute atomic E-state index is 0.0116. The Labute approximate surface area is 152 Å². The molecule has 8 heteroatoms. The molecule has 2 heterocycles. The van der Waals surface area contributed by atoms with Gasteiger partial charge in [0.25, 0.3) is 5.91 Å². The van der Waals surface area contributed by atoms with E-state index in [4.69, 9.17) is 0 Å². The number of sulfone groups is 1. The van der Waals surface area contributed by atoms with Crippen LogP contribution in [0.5, 0.6) is 0 Å². The average molecular weight is 382 g/mol. The molecule has 136 valence electrons. The lowest BCUT2D eigenvalue weighted by atomic mass is 10.2. The van der Waals surface area contributed by atoms with Crippen molar-refractivity contribution in [2.75, 3.05) is 23.4 Å². The first-order valence-corrected chi connectivity index (χ1v) is 11.3. The van der Waals surface area contributed by atoms with Crippen molar-refractivity contribution in [3.63, 3.8) is 0 Å². The molecule has 0 aliphatic carbocycles. The molecule has 0 radical (unpaired) electrons. The molecule has 0 aromatic heterocycles. The molecule has 1 amide bonds. The monoisotopic (exact) mass is 381 g/mol. The highest BCUT2D eigenvalue weighted by atomic mass is 32.2. The van der Waals surface area contributed by atoms with Crippen molar-refractivity contribution in [1.29, 1.82) is 0 Å². The van der Waals surface area contributed by atoms with Crippen molar-refractivity contribution in [2.24, 2.45) is 4.99 Å². The first kappa shape index (κ1) is 18.3. The summed E-state index contributed by atoms with van der Waals surface area (Å²) in [5, 5.41) is 6.87. The predicted octanol–water partition coefficient (Wildman–Crippen LogP) is 2.29. The van der Waals surface area contributed by atoms with E-state index < -0.39 is 9.84 Å². The molecule has 0 saturated carbocycles. The lowest BCUT2D eigenvalue weighted by Crippen LogP contribution is -2.24. The molecule has 1 aromatic rings. The first-order chi connectivity index (χ1) is 12.0. The number of anilines is 1. The van der Waals surface area contributed by atoms with Gasteiger partial charge in [0.15, 0.2) is 15.0 Å². The molecular formula is C17H23N3O3S2. The van der Waals surface area contributed by atoms with Crippen LogP contribution in [-0.2, 0) is 9.84 Å². The van der Waals surface area contributed by atoms with E-state index in [1.54, 1.807) is 12.1 Å². The van der Waals surface area contributed by atoms with Crippen molar-refractivity contribution < 1.29 is 13.2 Å². The van der Waals surface area contributed by atoms with E-state index in [9.17, 15) is 13.2 Å². The Kier molecular flexibility index (Phi) is 5.68. The number of nitrogens with one attached hydrogen (secondary N) is 2. The Bertz CT molecular complexity index is 777. The predicted molar refractivity (Wildman–Crippen MR) is 103 cm³/mol. The summed E-state index contributed by atoms with van der Waals surface area (Å²) >= 11 is 1.47. The number of amides is 1. The van der Waals surface area contributed by atoms with Crippen molar-refractivity contribution in [3.05, 3.63) is 29.8 Å². The fourth-order valence-electron chi connectivity index (χ4n) is 2.96. The number of aliphatic imine (C=N–C) groups is 1. The summed E-state index contributed by atoms with van der Waals surface area (Å²) in [5.74, 6) is 0.247. The summed E-state index contributed by atoms with van der Waals surface area (Å²) < 4.78 is 23.2. The van der Waals surface area contributed by atoms with Crippen LogP contribution in [0.2, 0.25) is 0 Å². The van der Waals surface area contributed by atoms with Crippen LogP contribution in [-0.4, -0.2) is 48.8 Å². The number of fused-ring (bicyclic) bond motifs is 1. The van der Waals surface area contributed by atoms with E-state index in [2.05, 4.69) is 22.5 Å². The molecule has 25 heavy (non-hydrogen) atoms. The molecule has 1 fully saturated rings. The zero-order chi connectivity index (χ0) is 17.9. The lowest BCUT2D eigenvalue weighted by molar-refractivity contribution is 0.0953. The fourth-order valence-corrected chi connectivity index (χ4v) is 6.63. The molecular weight excluding hydrogens is 358 g/mol. The highest BCUT2D eigenvalue weighted by Crippen LogP contribution is 2.34. The van der Waals surface area contributed by atoms with Crippen LogP contribution < -0.4 is 10.6 Å². The van der Waals surface area contributed by atoms with E-state index in [0.717, 1.165) is 30.1 Å². The topological polar surface area (TPSA) is 87.6 Å². The molecule has 2 atom stereocenters. The Morgan fingerprint density at radius 3 is 2.92 bits per heavy atom. The van der Waals surface area contributed by atoms with Crippen molar-refractivity contribution in [2.45, 2.75) is 37.5 Å². The summed E-state index contributed by atoms with van der Waals surface area (Å²) in [4.78, 5) is 16.7. The largest absolute Gasteiger partial charge is 0.352 e. The third-order valence-corrected chi connectivity index (χ3v) is 7.40. The van der Waals surface area contributed by atoms with Gasteiger partial charge in [-0.05, 0) is 24.6 Å². The van der Waals surface area contributed by atoms with E-state index in [-0.39, 0.29) is 28.7 Å². The van der Waals surface area contributed by atoms with Gasteiger partial charge in [0.1, 0.15) is 0 Å². The number of hydrogen-bond donors (Lipinski definition) is 2. The Balaban J connectivity index is 1.58. The van der Waals surface area contributed by atoms with Gasteiger partial charge in [0.2, 0.25) is 0 Å². The quantitative estimate of drug-likeness (QED) is 0.738. The zero-order valence-electron chi connectivity index (χ0n) is 14.2. The van der Waals surface area contributed by atoms with Gasteiger partial charge in [0.05, 0.1) is 17.5 Å². The maximum absolute atomic E-state index is 12.2. The van der Waals surface area contributed by atoms with E-state index >= 15 is 0 Å².